The van der Waals surface area contributed by atoms with Gasteiger partial charge in [-0.1, -0.05) is 164 Å². The molecule has 69 heavy (non-hydrogen) atoms. The van der Waals surface area contributed by atoms with Gasteiger partial charge in [-0.15, -0.1) is 11.3 Å². The third-order valence-electron chi connectivity index (χ3n) is 14.2. The minimum atomic E-state index is -0.365. The number of thiophene rings is 1. The number of para-hydroxylation sites is 1. The molecule has 1 aliphatic rings. The summed E-state index contributed by atoms with van der Waals surface area (Å²) >= 11 is 1.82. The van der Waals surface area contributed by atoms with Gasteiger partial charge in [0.15, 0.2) is 11.4 Å². The molecule has 0 radical (unpaired) electrons. The first kappa shape index (κ1) is 38.3. The van der Waals surface area contributed by atoms with Gasteiger partial charge in [0.2, 0.25) is 0 Å². The minimum absolute atomic E-state index is 0.365. The van der Waals surface area contributed by atoms with E-state index in [1.54, 1.807) is 0 Å². The molecule has 6 heteroatoms. The summed E-state index contributed by atoms with van der Waals surface area (Å²) < 4.78 is 12.0. The van der Waals surface area contributed by atoms with Gasteiger partial charge in [-0.2, -0.15) is 0 Å². The minimum Gasteiger partial charge on any atom is -0.454 e. The number of hydrogen-bond acceptors (Lipinski definition) is 5. The monoisotopic (exact) mass is 898 g/mol. The molecule has 0 amide bonds. The van der Waals surface area contributed by atoms with Crippen LogP contribution in [0.15, 0.2) is 233 Å². The Morgan fingerprint density at radius 3 is 2.00 bits per heavy atom. The van der Waals surface area contributed by atoms with Crippen LogP contribution < -0.4 is 5.32 Å². The molecule has 15 rings (SSSR count). The van der Waals surface area contributed by atoms with E-state index in [2.05, 4.69) is 228 Å². The highest BCUT2D eigenvalue weighted by molar-refractivity contribution is 7.25. The lowest BCUT2D eigenvalue weighted by molar-refractivity contribution is 0.666. The van der Waals surface area contributed by atoms with Crippen molar-refractivity contribution in [2.75, 3.05) is 0 Å². The first-order valence-electron chi connectivity index (χ1n) is 23.4. The van der Waals surface area contributed by atoms with Crippen molar-refractivity contribution < 1.29 is 4.42 Å². The van der Waals surface area contributed by atoms with Crippen LogP contribution in [0.4, 0.5) is 0 Å². The molecule has 11 aromatic carbocycles. The van der Waals surface area contributed by atoms with Gasteiger partial charge in [0.1, 0.15) is 17.6 Å². The molecule has 3 aromatic heterocycles. The molecule has 1 N–H and O–H groups in total. The van der Waals surface area contributed by atoms with Crippen LogP contribution in [0.25, 0.3) is 113 Å². The molecule has 14 aromatic rings. The first-order valence-corrected chi connectivity index (χ1v) is 24.2. The van der Waals surface area contributed by atoms with Gasteiger partial charge in [0.05, 0.1) is 16.7 Å². The number of aliphatic imine (C=N–C) groups is 2. The number of aromatic nitrogens is 1. The Hall–Kier alpha value is -8.84. The Kier molecular flexibility index (Phi) is 8.23. The van der Waals surface area contributed by atoms with Crippen molar-refractivity contribution in [3.05, 3.63) is 235 Å². The molecule has 4 heterocycles. The molecular weight excluding hydrogens is 861 g/mol. The fraction of sp³-hybridized carbons (Fsp3) is 0.0159. The fourth-order valence-electron chi connectivity index (χ4n) is 10.9. The molecule has 0 saturated heterocycles. The summed E-state index contributed by atoms with van der Waals surface area (Å²) in [6.07, 6.45) is -0.365. The normalized spacial score (nSPS) is 14.2. The average molecular weight is 899 g/mol. The molecule has 0 fully saturated rings. The maximum absolute atomic E-state index is 7.06. The van der Waals surface area contributed by atoms with Crippen LogP contribution in [0.1, 0.15) is 22.9 Å². The quantitative estimate of drug-likeness (QED) is 0.187. The summed E-state index contributed by atoms with van der Waals surface area (Å²) in [7, 11) is 0. The van der Waals surface area contributed by atoms with Gasteiger partial charge >= 0.3 is 0 Å². The maximum atomic E-state index is 7.06. The van der Waals surface area contributed by atoms with Crippen molar-refractivity contribution in [3.8, 4) is 16.8 Å². The number of amidine groups is 2. The van der Waals surface area contributed by atoms with Gasteiger partial charge < -0.3 is 14.3 Å². The third kappa shape index (κ3) is 5.96. The highest BCUT2D eigenvalue weighted by Gasteiger charge is 2.24. The van der Waals surface area contributed by atoms with Gasteiger partial charge in [0, 0.05) is 58.2 Å². The van der Waals surface area contributed by atoms with Gasteiger partial charge in [-0.3, -0.25) is 0 Å². The predicted molar refractivity (Wildman–Crippen MR) is 291 cm³/mol. The Morgan fingerprint density at radius 1 is 0.449 bits per heavy atom. The number of fused-ring (bicyclic) bond motifs is 14. The summed E-state index contributed by atoms with van der Waals surface area (Å²) in [5.41, 5.74) is 10.4. The van der Waals surface area contributed by atoms with E-state index in [0.29, 0.717) is 5.84 Å². The highest BCUT2D eigenvalue weighted by Crippen LogP contribution is 2.43. The maximum Gasteiger partial charge on any atom is 0.159 e. The summed E-state index contributed by atoms with van der Waals surface area (Å²) in [6, 6.07) is 78.6. The smallest absolute Gasteiger partial charge is 0.159 e. The zero-order valence-corrected chi connectivity index (χ0v) is 37.8. The lowest BCUT2D eigenvalue weighted by Gasteiger charge is -2.24. The second kappa shape index (κ2) is 14.8. The SMILES string of the molecule is c1ccc(-c2ccc(C3N=C(c4ccc5sc6ccccc6c5c4)N=C(c4ccc5ccc6oc7c(-n8c9cc%10ccccc%10cc9c9ccc%10ccccc%10c98)cccc7c6c5c4)N3)cc2)cc1. The highest BCUT2D eigenvalue weighted by atomic mass is 32.1. The van der Waals surface area contributed by atoms with E-state index in [1.807, 2.05) is 11.3 Å². The van der Waals surface area contributed by atoms with Gasteiger partial charge in [-0.05, 0) is 98.2 Å². The van der Waals surface area contributed by atoms with Crippen molar-refractivity contribution in [1.82, 2.24) is 9.88 Å². The van der Waals surface area contributed by atoms with Crippen molar-refractivity contribution in [1.29, 1.82) is 0 Å². The summed E-state index contributed by atoms with van der Waals surface area (Å²) in [5.74, 6) is 1.46. The van der Waals surface area contributed by atoms with Crippen LogP contribution in [-0.2, 0) is 0 Å². The molecule has 1 unspecified atom stereocenters. The number of benzene rings is 11. The zero-order valence-electron chi connectivity index (χ0n) is 37.0. The van der Waals surface area contributed by atoms with Crippen molar-refractivity contribution in [2.45, 2.75) is 6.17 Å². The summed E-state index contributed by atoms with van der Waals surface area (Å²) in [5, 5.41) is 17.9. The van der Waals surface area contributed by atoms with Crippen LogP contribution in [0.2, 0.25) is 0 Å². The molecule has 0 aliphatic carbocycles. The predicted octanol–water partition coefficient (Wildman–Crippen LogP) is 16.7. The molecular formula is C63H38N4OS. The van der Waals surface area contributed by atoms with E-state index in [9.17, 15) is 0 Å². The molecule has 0 saturated carbocycles. The average Bonchev–Trinajstić information content (AvgIpc) is 4.10. The molecule has 0 spiro atoms. The second-order valence-electron chi connectivity index (χ2n) is 18.1. The second-order valence-corrected chi connectivity index (χ2v) is 19.2. The van der Waals surface area contributed by atoms with Crippen molar-refractivity contribution >= 4 is 119 Å². The third-order valence-corrected chi connectivity index (χ3v) is 15.4. The van der Waals surface area contributed by atoms with E-state index in [0.717, 1.165) is 72.0 Å². The van der Waals surface area contributed by atoms with Crippen molar-refractivity contribution in [2.24, 2.45) is 9.98 Å². The number of furan rings is 1. The van der Waals surface area contributed by atoms with Crippen LogP contribution in [0.3, 0.4) is 0 Å². The molecule has 1 atom stereocenters. The zero-order chi connectivity index (χ0) is 45.2. The number of nitrogens with one attached hydrogen (secondary N) is 1. The van der Waals surface area contributed by atoms with E-state index >= 15 is 0 Å². The fourth-order valence-corrected chi connectivity index (χ4v) is 12.0. The topological polar surface area (TPSA) is 54.8 Å². The van der Waals surface area contributed by atoms with Crippen LogP contribution in [-0.4, -0.2) is 16.2 Å². The summed E-state index contributed by atoms with van der Waals surface area (Å²) in [6.45, 7) is 0. The Balaban J connectivity index is 0.911. The Bertz CT molecular complexity index is 4520. The van der Waals surface area contributed by atoms with Crippen LogP contribution in [0.5, 0.6) is 0 Å². The molecule has 322 valence electrons. The van der Waals surface area contributed by atoms with E-state index < -0.39 is 0 Å². The standard InChI is InChI=1S/C63H38N4OS/c1-2-11-37(12-3-1)38-21-24-41(25-22-38)61-64-62(66-63(65-61)45-29-32-57-52(35-45)47-17-8-9-20-56(47)69-57)44-26-23-40-28-31-55-58(50(40)34-44)49-18-10-19-53(60(49)68-55)67-54-36-43-15-5-4-14-42(43)33-51(54)48-30-27-39-13-6-7-16-46(39)59(48)67/h1-36,61H,(H,64,65,66). The van der Waals surface area contributed by atoms with E-state index in [1.165, 1.54) is 63.6 Å². The Labute approximate surface area is 399 Å². The largest absolute Gasteiger partial charge is 0.454 e. The van der Waals surface area contributed by atoms with Gasteiger partial charge in [0.25, 0.3) is 0 Å². The van der Waals surface area contributed by atoms with Crippen LogP contribution in [0, 0.1) is 0 Å². The number of nitrogens with zero attached hydrogens (tertiary/aromatic N) is 3. The summed E-state index contributed by atoms with van der Waals surface area (Å²) in [4.78, 5) is 10.7. The van der Waals surface area contributed by atoms with Crippen molar-refractivity contribution in [3.63, 3.8) is 0 Å². The van der Waals surface area contributed by atoms with Gasteiger partial charge in [-0.25, -0.2) is 9.98 Å². The lowest BCUT2D eigenvalue weighted by Crippen LogP contribution is -2.33. The molecule has 5 nitrogen and oxygen atoms in total. The molecule has 1 aliphatic heterocycles. The Morgan fingerprint density at radius 2 is 1.12 bits per heavy atom. The van der Waals surface area contributed by atoms with E-state index in [-0.39, 0.29) is 6.17 Å². The number of hydrogen-bond donors (Lipinski definition) is 1. The van der Waals surface area contributed by atoms with Crippen LogP contribution >= 0.6 is 11.3 Å². The van der Waals surface area contributed by atoms with E-state index in [4.69, 9.17) is 14.4 Å². The molecule has 0 bridgehead atoms. The lowest BCUT2D eigenvalue weighted by atomic mass is 10.00. The number of rotatable bonds is 5. The first-order chi connectivity index (χ1) is 34.2.